The predicted octanol–water partition coefficient (Wildman–Crippen LogP) is 2.36. The third-order valence-corrected chi connectivity index (χ3v) is 3.07. The molecule has 1 aromatic heterocycles. The zero-order chi connectivity index (χ0) is 14.4. The summed E-state index contributed by atoms with van der Waals surface area (Å²) in [6, 6.07) is 12.2. The van der Waals surface area contributed by atoms with Gasteiger partial charge in [-0.25, -0.2) is 9.97 Å². The van der Waals surface area contributed by atoms with Gasteiger partial charge in [0.05, 0.1) is 6.07 Å². The van der Waals surface area contributed by atoms with E-state index in [0.29, 0.717) is 13.1 Å². The Labute approximate surface area is 118 Å². The summed E-state index contributed by atoms with van der Waals surface area (Å²) in [6.45, 7) is 3.10. The Morgan fingerprint density at radius 3 is 2.85 bits per heavy atom. The van der Waals surface area contributed by atoms with E-state index in [0.717, 1.165) is 11.6 Å². The van der Waals surface area contributed by atoms with Gasteiger partial charge < -0.3 is 10.2 Å². The highest BCUT2D eigenvalue weighted by Crippen LogP contribution is 2.14. The molecule has 2 aromatic rings. The molecule has 0 amide bonds. The molecule has 0 saturated carbocycles. The molecule has 20 heavy (non-hydrogen) atoms. The summed E-state index contributed by atoms with van der Waals surface area (Å²) < 4.78 is 0. The van der Waals surface area contributed by atoms with Gasteiger partial charge in [-0.1, -0.05) is 24.3 Å². The fraction of sp³-hybridized carbons (Fsp3) is 0.267. The summed E-state index contributed by atoms with van der Waals surface area (Å²) >= 11 is 0. The van der Waals surface area contributed by atoms with E-state index in [4.69, 9.17) is 5.26 Å². The van der Waals surface area contributed by atoms with E-state index in [1.807, 2.05) is 25.2 Å². The van der Waals surface area contributed by atoms with E-state index in [1.54, 1.807) is 4.90 Å². The van der Waals surface area contributed by atoms with E-state index in [-0.39, 0.29) is 0 Å². The van der Waals surface area contributed by atoms with Gasteiger partial charge in [0.15, 0.2) is 0 Å². The minimum atomic E-state index is 0.300. The zero-order valence-corrected chi connectivity index (χ0v) is 11.7. The average molecular weight is 267 g/mol. The van der Waals surface area contributed by atoms with Crippen molar-refractivity contribution in [1.82, 2.24) is 9.97 Å². The Balaban J connectivity index is 2.05. The van der Waals surface area contributed by atoms with E-state index >= 15 is 0 Å². The van der Waals surface area contributed by atoms with Crippen LogP contribution >= 0.6 is 0 Å². The number of hydrogen-bond acceptors (Lipinski definition) is 5. The van der Waals surface area contributed by atoms with Crippen molar-refractivity contribution >= 4 is 11.6 Å². The van der Waals surface area contributed by atoms with E-state index in [1.165, 1.54) is 17.5 Å². The van der Waals surface area contributed by atoms with Crippen LogP contribution < -0.4 is 10.2 Å². The first kappa shape index (κ1) is 13.8. The molecule has 0 radical (unpaired) electrons. The highest BCUT2D eigenvalue weighted by molar-refractivity contribution is 5.48. The van der Waals surface area contributed by atoms with Gasteiger partial charge in [0, 0.05) is 19.7 Å². The highest BCUT2D eigenvalue weighted by atomic mass is 15.2. The van der Waals surface area contributed by atoms with Crippen LogP contribution in [0.3, 0.4) is 0 Å². The molecule has 1 N–H and O–H groups in total. The second-order valence-electron chi connectivity index (χ2n) is 4.56. The summed E-state index contributed by atoms with van der Waals surface area (Å²) in [5, 5.41) is 12.0. The number of nitriles is 1. The molecule has 1 heterocycles. The van der Waals surface area contributed by atoms with E-state index < -0.39 is 0 Å². The number of aromatic nitrogens is 2. The van der Waals surface area contributed by atoms with Gasteiger partial charge in [-0.05, 0) is 18.1 Å². The maximum absolute atomic E-state index is 8.70. The first-order valence-corrected chi connectivity index (χ1v) is 6.39. The molecule has 0 aliphatic rings. The Kier molecular flexibility index (Phi) is 4.51. The number of nitrogens with one attached hydrogen (secondary N) is 1. The number of hydrogen-bond donors (Lipinski definition) is 1. The SMILES string of the molecule is Cc1ccccc1CNc1cc(N(C)CC#N)ncn1. The fourth-order valence-electron chi connectivity index (χ4n) is 1.83. The van der Waals surface area contributed by atoms with E-state index in [2.05, 4.69) is 40.4 Å². The van der Waals surface area contributed by atoms with Gasteiger partial charge in [-0.2, -0.15) is 5.26 Å². The van der Waals surface area contributed by atoms with Crippen LogP contribution in [0.4, 0.5) is 11.6 Å². The van der Waals surface area contributed by atoms with Crippen LogP contribution in [0.2, 0.25) is 0 Å². The largest absolute Gasteiger partial charge is 0.366 e. The maximum atomic E-state index is 8.70. The van der Waals surface area contributed by atoms with Gasteiger partial charge in [0.2, 0.25) is 0 Å². The second-order valence-corrected chi connectivity index (χ2v) is 4.56. The first-order valence-electron chi connectivity index (χ1n) is 6.39. The molecule has 0 aliphatic carbocycles. The molecule has 5 heteroatoms. The van der Waals surface area contributed by atoms with E-state index in [9.17, 15) is 0 Å². The monoisotopic (exact) mass is 267 g/mol. The third kappa shape index (κ3) is 3.45. The second kappa shape index (κ2) is 6.53. The Morgan fingerprint density at radius 1 is 1.30 bits per heavy atom. The molecule has 0 saturated heterocycles. The summed E-state index contributed by atoms with van der Waals surface area (Å²) in [6.07, 6.45) is 1.50. The molecule has 0 atom stereocenters. The molecule has 102 valence electrons. The molecular formula is C15H17N5. The van der Waals surface area contributed by atoms with Crippen LogP contribution in [-0.4, -0.2) is 23.6 Å². The van der Waals surface area contributed by atoms with Crippen LogP contribution in [-0.2, 0) is 6.54 Å². The van der Waals surface area contributed by atoms with Gasteiger partial charge >= 0.3 is 0 Å². The normalized spacial score (nSPS) is 9.85. The minimum Gasteiger partial charge on any atom is -0.366 e. The molecule has 0 bridgehead atoms. The van der Waals surface area contributed by atoms with Crippen LogP contribution in [0.5, 0.6) is 0 Å². The van der Waals surface area contributed by atoms with Gasteiger partial charge in [0.25, 0.3) is 0 Å². The van der Waals surface area contributed by atoms with Crippen molar-refractivity contribution in [3.05, 3.63) is 47.8 Å². The topological polar surface area (TPSA) is 64.8 Å². The molecule has 0 aliphatic heterocycles. The fourth-order valence-corrected chi connectivity index (χ4v) is 1.83. The lowest BCUT2D eigenvalue weighted by atomic mass is 10.1. The lowest BCUT2D eigenvalue weighted by Gasteiger charge is -2.15. The molecule has 5 nitrogen and oxygen atoms in total. The molecule has 0 spiro atoms. The number of rotatable bonds is 5. The number of benzene rings is 1. The van der Waals surface area contributed by atoms with Crippen molar-refractivity contribution in [2.24, 2.45) is 0 Å². The predicted molar refractivity (Wildman–Crippen MR) is 79.4 cm³/mol. The van der Waals surface area contributed by atoms with Crippen molar-refractivity contribution in [1.29, 1.82) is 5.26 Å². The number of nitrogens with zero attached hydrogens (tertiary/aromatic N) is 4. The summed E-state index contributed by atoms with van der Waals surface area (Å²) in [4.78, 5) is 10.1. The Bertz CT molecular complexity index is 618. The summed E-state index contributed by atoms with van der Waals surface area (Å²) in [5.41, 5.74) is 2.48. The Morgan fingerprint density at radius 2 is 2.10 bits per heavy atom. The van der Waals surface area contributed by atoms with Gasteiger partial charge in [-0.15, -0.1) is 0 Å². The maximum Gasteiger partial charge on any atom is 0.134 e. The van der Waals surface area contributed by atoms with Gasteiger partial charge in [-0.3, -0.25) is 0 Å². The highest BCUT2D eigenvalue weighted by Gasteiger charge is 2.04. The van der Waals surface area contributed by atoms with Crippen molar-refractivity contribution in [3.63, 3.8) is 0 Å². The lowest BCUT2D eigenvalue weighted by Crippen LogP contribution is -2.18. The standard InChI is InChI=1S/C15H17N5/c1-12-5-3-4-6-13(12)10-17-14-9-15(19-11-18-14)20(2)8-7-16/h3-6,9,11H,8,10H2,1-2H3,(H,17,18,19). The first-order chi connectivity index (χ1) is 9.70. The van der Waals surface area contributed by atoms with Crippen molar-refractivity contribution in [2.45, 2.75) is 13.5 Å². The van der Waals surface area contributed by atoms with Crippen LogP contribution in [0, 0.1) is 18.3 Å². The summed E-state index contributed by atoms with van der Waals surface area (Å²) in [7, 11) is 1.83. The molecular weight excluding hydrogens is 250 g/mol. The lowest BCUT2D eigenvalue weighted by molar-refractivity contribution is 0.973. The van der Waals surface area contributed by atoms with Crippen molar-refractivity contribution in [2.75, 3.05) is 23.8 Å². The smallest absolute Gasteiger partial charge is 0.134 e. The Hall–Kier alpha value is -2.61. The quantitative estimate of drug-likeness (QED) is 0.842. The number of aryl methyl sites for hydroxylation is 1. The zero-order valence-electron chi connectivity index (χ0n) is 11.7. The minimum absolute atomic E-state index is 0.300. The number of anilines is 2. The van der Waals surface area contributed by atoms with Crippen LogP contribution in [0.15, 0.2) is 36.7 Å². The molecule has 0 fully saturated rings. The molecule has 0 unspecified atom stereocenters. The van der Waals surface area contributed by atoms with Crippen LogP contribution in [0.1, 0.15) is 11.1 Å². The van der Waals surface area contributed by atoms with Crippen molar-refractivity contribution in [3.8, 4) is 6.07 Å². The van der Waals surface area contributed by atoms with Crippen LogP contribution in [0.25, 0.3) is 0 Å². The van der Waals surface area contributed by atoms with Gasteiger partial charge in [0.1, 0.15) is 24.5 Å². The molecule has 2 rings (SSSR count). The molecule has 1 aromatic carbocycles. The van der Waals surface area contributed by atoms with Crippen molar-refractivity contribution < 1.29 is 0 Å². The summed E-state index contributed by atoms with van der Waals surface area (Å²) in [5.74, 6) is 1.48. The third-order valence-electron chi connectivity index (χ3n) is 3.07. The average Bonchev–Trinajstić information content (AvgIpc) is 2.47.